The molecule has 0 aliphatic rings. The van der Waals surface area contributed by atoms with Gasteiger partial charge in [-0.1, -0.05) is 29.0 Å². The molecule has 0 saturated heterocycles. The molecule has 12 heteroatoms. The van der Waals surface area contributed by atoms with Gasteiger partial charge in [-0.3, -0.25) is 14.1 Å². The van der Waals surface area contributed by atoms with Gasteiger partial charge in [-0.25, -0.2) is 9.19 Å². The fraction of sp³-hybridized carbons (Fsp3) is 0.300. The third-order valence-electron chi connectivity index (χ3n) is 4.67. The van der Waals surface area contributed by atoms with Gasteiger partial charge in [0.25, 0.3) is 17.2 Å². The Morgan fingerprint density at radius 1 is 1.25 bits per heavy atom. The highest BCUT2D eigenvalue weighted by Gasteiger charge is 2.24. The molecule has 3 aromatic rings. The number of aromatic nitrogens is 2. The number of benzene rings is 1. The van der Waals surface area contributed by atoms with Crippen molar-refractivity contribution in [2.45, 2.75) is 41.2 Å². The molecule has 32 heavy (non-hydrogen) atoms. The van der Waals surface area contributed by atoms with Crippen LogP contribution in [0.4, 0.5) is 10.8 Å². The smallest absolute Gasteiger partial charge is 0.290 e. The largest absolute Gasteiger partial charge is 0.327 e. The Labute approximate surface area is 202 Å². The third kappa shape index (κ3) is 5.21. The zero-order valence-corrected chi connectivity index (χ0v) is 21.5. The summed E-state index contributed by atoms with van der Waals surface area (Å²) < 4.78 is 25.3. The van der Waals surface area contributed by atoms with E-state index in [1.807, 2.05) is 56.5 Å². The minimum atomic E-state index is -2.28. The summed E-state index contributed by atoms with van der Waals surface area (Å²) in [5.41, 5.74) is 3.77. The third-order valence-corrected chi connectivity index (χ3v) is 7.89. The van der Waals surface area contributed by atoms with Crippen molar-refractivity contribution in [2.75, 3.05) is 9.73 Å². The van der Waals surface area contributed by atoms with Crippen molar-refractivity contribution in [3.63, 3.8) is 0 Å². The zero-order valence-electron chi connectivity index (χ0n) is 18.2. The van der Waals surface area contributed by atoms with Gasteiger partial charge in [0.2, 0.25) is 0 Å². The maximum absolute atomic E-state index is 13.5. The highest BCUT2D eigenvalue weighted by Crippen LogP contribution is 2.28. The highest BCUT2D eigenvalue weighted by molar-refractivity contribution is 7.80. The van der Waals surface area contributed by atoms with Gasteiger partial charge in [0.15, 0.2) is 9.09 Å². The molecule has 0 radical (unpaired) electrons. The predicted molar refractivity (Wildman–Crippen MR) is 135 cm³/mol. The van der Waals surface area contributed by atoms with Crippen LogP contribution in [0.5, 0.6) is 0 Å². The van der Waals surface area contributed by atoms with Crippen LogP contribution in [0.2, 0.25) is 0 Å². The van der Waals surface area contributed by atoms with Crippen LogP contribution in [-0.2, 0) is 17.8 Å². The summed E-state index contributed by atoms with van der Waals surface area (Å²) in [6.07, 6.45) is 0. The van der Waals surface area contributed by atoms with E-state index in [1.54, 1.807) is 6.92 Å². The molecule has 0 aliphatic heterocycles. The lowest BCUT2D eigenvalue weighted by Crippen LogP contribution is -2.27. The first-order valence-corrected chi connectivity index (χ1v) is 12.8. The number of carbonyl (C=O) groups is 1. The van der Waals surface area contributed by atoms with Crippen LogP contribution in [0.1, 0.15) is 45.3 Å². The summed E-state index contributed by atoms with van der Waals surface area (Å²) in [4.78, 5) is 19.0. The Morgan fingerprint density at radius 2 is 1.91 bits per heavy atom. The van der Waals surface area contributed by atoms with Crippen LogP contribution in [0.3, 0.4) is 0 Å². The van der Waals surface area contributed by atoms with Gasteiger partial charge >= 0.3 is 0 Å². The second-order valence-corrected chi connectivity index (χ2v) is 10.3. The number of amides is 1. The molecule has 0 spiro atoms. The monoisotopic (exact) mass is 509 g/mol. The van der Waals surface area contributed by atoms with Crippen LogP contribution in [0.25, 0.3) is 0 Å². The Bertz CT molecular complexity index is 1260. The Morgan fingerprint density at radius 3 is 2.47 bits per heavy atom. The Balaban J connectivity index is 2.09. The van der Waals surface area contributed by atoms with E-state index in [9.17, 15) is 9.00 Å². The Hall–Kier alpha value is -2.25. The fourth-order valence-electron chi connectivity index (χ4n) is 3.09. The van der Waals surface area contributed by atoms with Gasteiger partial charge in [-0.15, -0.1) is 11.3 Å². The first-order chi connectivity index (χ1) is 15.1. The van der Waals surface area contributed by atoms with E-state index >= 15 is 0 Å². The summed E-state index contributed by atoms with van der Waals surface area (Å²) in [6.45, 7) is 10.3. The topological polar surface area (TPSA) is 99.8 Å². The van der Waals surface area contributed by atoms with E-state index in [0.717, 1.165) is 38.0 Å². The van der Waals surface area contributed by atoms with Crippen molar-refractivity contribution in [1.29, 1.82) is 0 Å². The molecule has 1 unspecified atom stereocenters. The first kappa shape index (κ1) is 24.4. The van der Waals surface area contributed by atoms with Crippen LogP contribution in [0.15, 0.2) is 29.4 Å². The number of carbonyl (C=O) groups excluding carboxylic acids is 1. The number of aryl methyl sites for hydroxylation is 2. The average molecular weight is 510 g/mol. The van der Waals surface area contributed by atoms with E-state index < -0.39 is 11.3 Å². The molecule has 8 nitrogen and oxygen atoms in total. The molecule has 170 valence electrons. The van der Waals surface area contributed by atoms with Crippen molar-refractivity contribution in [2.24, 2.45) is 5.10 Å². The maximum atomic E-state index is 13.5. The highest BCUT2D eigenvalue weighted by atomic mass is 32.2. The number of nitrogens with one attached hydrogen (secondary N) is 1. The second-order valence-electron chi connectivity index (χ2n) is 6.95. The molecule has 0 aliphatic carbocycles. The van der Waals surface area contributed by atoms with Crippen molar-refractivity contribution in [3.8, 4) is 0 Å². The summed E-state index contributed by atoms with van der Waals surface area (Å²) in [6, 6.07) is 7.47. The number of hydrogen-bond acceptors (Lipinski definition) is 7. The van der Waals surface area contributed by atoms with E-state index in [0.29, 0.717) is 22.0 Å². The molecule has 1 aromatic carbocycles. The van der Waals surface area contributed by atoms with Crippen LogP contribution >= 0.6 is 34.9 Å². The van der Waals surface area contributed by atoms with Gasteiger partial charge in [0.05, 0.1) is 22.0 Å². The molecule has 0 bridgehead atoms. The van der Waals surface area contributed by atoms with Crippen LogP contribution in [-0.4, -0.2) is 29.9 Å². The van der Waals surface area contributed by atoms with E-state index in [-0.39, 0.29) is 11.0 Å². The molecule has 1 atom stereocenters. The number of thiazole rings is 2. The van der Waals surface area contributed by atoms with Gasteiger partial charge in [0.1, 0.15) is 4.88 Å². The first-order valence-electron chi connectivity index (χ1n) is 9.64. The van der Waals surface area contributed by atoms with E-state index in [4.69, 9.17) is 16.8 Å². The summed E-state index contributed by atoms with van der Waals surface area (Å²) >= 11 is 5.66. The second kappa shape index (κ2) is 10.1. The molecule has 2 aromatic heterocycles. The summed E-state index contributed by atoms with van der Waals surface area (Å²) in [5.74, 6) is -0.379. The lowest BCUT2D eigenvalue weighted by atomic mass is 10.2. The molecule has 0 fully saturated rings. The molecular formula is C20H23N5O3S4. The Kier molecular flexibility index (Phi) is 7.72. The molecule has 0 saturated carbocycles. The minimum absolute atomic E-state index is 0.185. The van der Waals surface area contributed by atoms with E-state index in [2.05, 4.69) is 14.8 Å². The van der Waals surface area contributed by atoms with Gasteiger partial charge < -0.3 is 4.57 Å². The van der Waals surface area contributed by atoms with Gasteiger partial charge in [-0.2, -0.15) is 10.1 Å². The van der Waals surface area contributed by atoms with Crippen LogP contribution < -0.4 is 9.73 Å². The standard InChI is InChI=1S/C20H23N5O3S4/c1-6-24-14(5)16(31-20(24)29)13(4)22-25(15-9-7-11(2)8-10-15)18(26)17-12(3)21-19(30-17)23-32(27)28/h7-10H,6H2,1-5H3,(H,21,23)(H,27,28)/b22-13+. The van der Waals surface area contributed by atoms with Gasteiger partial charge in [0, 0.05) is 12.2 Å². The lowest BCUT2D eigenvalue weighted by Gasteiger charge is -2.18. The molecule has 1 amide bonds. The average Bonchev–Trinajstić information content (AvgIpc) is 3.23. The van der Waals surface area contributed by atoms with Crippen molar-refractivity contribution < 1.29 is 13.6 Å². The number of hydrazone groups is 1. The quantitative estimate of drug-likeness (QED) is 0.195. The maximum Gasteiger partial charge on any atom is 0.290 e. The van der Waals surface area contributed by atoms with Crippen molar-refractivity contribution in [1.82, 2.24) is 9.55 Å². The van der Waals surface area contributed by atoms with Crippen LogP contribution in [0, 0.1) is 24.7 Å². The van der Waals surface area contributed by atoms with Gasteiger partial charge in [-0.05, 0) is 59.0 Å². The molecular weight excluding hydrogens is 487 g/mol. The van der Waals surface area contributed by atoms with Crippen molar-refractivity contribution >= 4 is 68.6 Å². The summed E-state index contributed by atoms with van der Waals surface area (Å²) in [7, 11) is 0. The molecule has 2 N–H and O–H groups in total. The number of rotatable bonds is 7. The SMILES string of the molecule is CCn1c(C)c(/C(C)=N/N(C(=O)c2sc(NS(=O)O)nc2C)c2ccc(C)cc2)sc1=S. The molecule has 3 rings (SSSR count). The number of anilines is 2. The zero-order chi connectivity index (χ0) is 23.6. The summed E-state index contributed by atoms with van der Waals surface area (Å²) in [5, 5.41) is 6.21. The van der Waals surface area contributed by atoms with Crippen molar-refractivity contribution in [3.05, 3.63) is 54.9 Å². The molecule has 2 heterocycles. The fourth-order valence-corrected chi connectivity index (χ4v) is 5.92. The normalized spacial score (nSPS) is 12.6. The number of nitrogens with zero attached hydrogens (tertiary/aromatic N) is 4. The van der Waals surface area contributed by atoms with E-state index in [1.165, 1.54) is 16.3 Å². The number of hydrogen-bond donors (Lipinski definition) is 2. The minimum Gasteiger partial charge on any atom is -0.327 e. The predicted octanol–water partition coefficient (Wildman–Crippen LogP) is 5.30. The lowest BCUT2D eigenvalue weighted by molar-refractivity contribution is 0.0990.